The Bertz CT molecular complexity index is 905. The fourth-order valence-corrected chi connectivity index (χ4v) is 4.59. The Labute approximate surface area is 181 Å². The van der Waals surface area contributed by atoms with Crippen LogP contribution >= 0.6 is 0 Å². The molecule has 1 aromatic rings. The van der Waals surface area contributed by atoms with Crippen LogP contribution in [0.1, 0.15) is 77.5 Å². The fraction of sp³-hybridized carbons (Fsp3) is 0.538. The van der Waals surface area contributed by atoms with Crippen LogP contribution in [0.15, 0.2) is 35.9 Å². The SMILES string of the molecule is CCOC(=O)/C=C(C)/C=C/C(=O)N1CCCc2cc3c(cc21)C(C)(C)CCC3(C)C. The topological polar surface area (TPSA) is 46.6 Å². The Hall–Kier alpha value is -2.36. The number of fused-ring (bicyclic) bond motifs is 2. The Balaban J connectivity index is 1.91. The molecule has 0 bridgehead atoms. The van der Waals surface area contributed by atoms with Gasteiger partial charge in [-0.25, -0.2) is 4.79 Å². The normalized spacial score (nSPS) is 19.9. The highest BCUT2D eigenvalue weighted by atomic mass is 16.5. The molecule has 4 nitrogen and oxygen atoms in total. The summed E-state index contributed by atoms with van der Waals surface area (Å²) in [4.78, 5) is 26.5. The third-order valence-corrected chi connectivity index (χ3v) is 6.56. The predicted molar refractivity (Wildman–Crippen MR) is 122 cm³/mol. The second-order valence-corrected chi connectivity index (χ2v) is 9.86. The highest BCUT2D eigenvalue weighted by molar-refractivity contribution is 6.02. The molecule has 1 amide bonds. The molecule has 1 heterocycles. The van der Waals surface area contributed by atoms with E-state index in [1.807, 2.05) is 4.90 Å². The molecule has 0 unspecified atom stereocenters. The molecule has 1 aliphatic heterocycles. The third kappa shape index (κ3) is 4.53. The van der Waals surface area contributed by atoms with Gasteiger partial charge in [-0.3, -0.25) is 4.79 Å². The number of carbonyl (C=O) groups is 2. The van der Waals surface area contributed by atoms with Crippen LogP contribution in [0.4, 0.5) is 5.69 Å². The molecule has 0 spiro atoms. The van der Waals surface area contributed by atoms with E-state index in [1.54, 1.807) is 26.0 Å². The van der Waals surface area contributed by atoms with Crippen LogP contribution in [-0.4, -0.2) is 25.0 Å². The highest BCUT2D eigenvalue weighted by Gasteiger charge is 2.38. The van der Waals surface area contributed by atoms with Gasteiger partial charge in [0.1, 0.15) is 0 Å². The molecule has 0 atom stereocenters. The molecule has 0 radical (unpaired) electrons. The van der Waals surface area contributed by atoms with Gasteiger partial charge in [0.25, 0.3) is 5.91 Å². The van der Waals surface area contributed by atoms with Crippen LogP contribution in [0, 0.1) is 0 Å². The summed E-state index contributed by atoms with van der Waals surface area (Å²) in [7, 11) is 0. The molecule has 162 valence electrons. The van der Waals surface area contributed by atoms with E-state index < -0.39 is 0 Å². The van der Waals surface area contributed by atoms with Crippen molar-refractivity contribution in [2.75, 3.05) is 18.1 Å². The van der Waals surface area contributed by atoms with Crippen molar-refractivity contribution in [1.82, 2.24) is 0 Å². The standard InChI is InChI=1S/C26H35NO3/c1-7-30-24(29)15-18(2)10-11-23(28)27-14-8-9-19-16-20-21(17-22(19)27)26(5,6)13-12-25(20,3)4/h10-11,15-17H,7-9,12-14H2,1-6H3/b11-10+,18-15+. The van der Waals surface area contributed by atoms with Gasteiger partial charge in [0.05, 0.1) is 6.61 Å². The van der Waals surface area contributed by atoms with E-state index >= 15 is 0 Å². The molecule has 0 aromatic heterocycles. The van der Waals surface area contributed by atoms with Gasteiger partial charge in [-0.05, 0) is 78.7 Å². The first-order chi connectivity index (χ1) is 14.0. The zero-order valence-electron chi connectivity index (χ0n) is 19.3. The summed E-state index contributed by atoms with van der Waals surface area (Å²) in [5, 5.41) is 0. The number of amides is 1. The smallest absolute Gasteiger partial charge is 0.330 e. The predicted octanol–water partition coefficient (Wildman–Crippen LogP) is 5.38. The molecule has 1 aliphatic carbocycles. The van der Waals surface area contributed by atoms with Crippen LogP contribution in [0.3, 0.4) is 0 Å². The van der Waals surface area contributed by atoms with Gasteiger partial charge in [0.2, 0.25) is 0 Å². The van der Waals surface area contributed by atoms with Crippen molar-refractivity contribution in [2.24, 2.45) is 0 Å². The van der Waals surface area contributed by atoms with E-state index in [0.29, 0.717) is 12.2 Å². The molecule has 0 fully saturated rings. The van der Waals surface area contributed by atoms with Crippen molar-refractivity contribution in [1.29, 1.82) is 0 Å². The van der Waals surface area contributed by atoms with E-state index in [2.05, 4.69) is 39.8 Å². The van der Waals surface area contributed by atoms with E-state index in [0.717, 1.165) is 31.5 Å². The first-order valence-electron chi connectivity index (χ1n) is 11.1. The minimum atomic E-state index is -0.383. The summed E-state index contributed by atoms with van der Waals surface area (Å²) in [6, 6.07) is 4.64. The van der Waals surface area contributed by atoms with Crippen LogP contribution in [0.5, 0.6) is 0 Å². The maximum Gasteiger partial charge on any atom is 0.330 e. The number of rotatable bonds is 4. The Morgan fingerprint density at radius 1 is 1.07 bits per heavy atom. The highest BCUT2D eigenvalue weighted by Crippen LogP contribution is 2.48. The van der Waals surface area contributed by atoms with Gasteiger partial charge >= 0.3 is 5.97 Å². The minimum absolute atomic E-state index is 0.0413. The molecule has 0 saturated heterocycles. The van der Waals surface area contributed by atoms with Gasteiger partial charge < -0.3 is 9.64 Å². The molecule has 4 heteroatoms. The Morgan fingerprint density at radius 2 is 1.70 bits per heavy atom. The number of anilines is 1. The lowest BCUT2D eigenvalue weighted by Crippen LogP contribution is -2.38. The fourth-order valence-electron chi connectivity index (χ4n) is 4.59. The molecule has 1 aromatic carbocycles. The molecule has 3 rings (SSSR count). The van der Waals surface area contributed by atoms with Crippen molar-refractivity contribution < 1.29 is 14.3 Å². The Kier molecular flexibility index (Phi) is 6.26. The monoisotopic (exact) mass is 409 g/mol. The first kappa shape index (κ1) is 22.3. The Morgan fingerprint density at radius 3 is 2.33 bits per heavy atom. The maximum atomic E-state index is 13.0. The van der Waals surface area contributed by atoms with E-state index in [1.165, 1.54) is 29.2 Å². The lowest BCUT2D eigenvalue weighted by atomic mass is 9.62. The summed E-state index contributed by atoms with van der Waals surface area (Å²) >= 11 is 0. The maximum absolute atomic E-state index is 13.0. The largest absolute Gasteiger partial charge is 0.463 e. The van der Waals surface area contributed by atoms with Gasteiger partial charge in [-0.15, -0.1) is 0 Å². The summed E-state index contributed by atoms with van der Waals surface area (Å²) < 4.78 is 4.93. The van der Waals surface area contributed by atoms with Crippen molar-refractivity contribution in [3.63, 3.8) is 0 Å². The second-order valence-electron chi connectivity index (χ2n) is 9.86. The number of aryl methyl sites for hydroxylation is 1. The number of allylic oxidation sites excluding steroid dienone is 2. The number of hydrogen-bond acceptors (Lipinski definition) is 3. The van der Waals surface area contributed by atoms with Crippen LogP contribution in [0.2, 0.25) is 0 Å². The van der Waals surface area contributed by atoms with Gasteiger partial charge in [-0.2, -0.15) is 0 Å². The van der Waals surface area contributed by atoms with E-state index in [9.17, 15) is 9.59 Å². The van der Waals surface area contributed by atoms with E-state index in [-0.39, 0.29) is 22.7 Å². The number of ether oxygens (including phenoxy) is 1. The summed E-state index contributed by atoms with van der Waals surface area (Å²) in [6.07, 6.45) is 8.98. The summed E-state index contributed by atoms with van der Waals surface area (Å²) in [5.74, 6) is -0.424. The van der Waals surface area contributed by atoms with Gasteiger partial charge in [-0.1, -0.05) is 39.8 Å². The zero-order valence-corrected chi connectivity index (χ0v) is 19.3. The van der Waals surface area contributed by atoms with Crippen LogP contribution in [0.25, 0.3) is 0 Å². The second kappa shape index (κ2) is 8.41. The minimum Gasteiger partial charge on any atom is -0.463 e. The van der Waals surface area contributed by atoms with Crippen molar-refractivity contribution >= 4 is 17.6 Å². The molecule has 0 N–H and O–H groups in total. The number of benzene rings is 1. The number of nitrogens with zero attached hydrogens (tertiary/aromatic N) is 1. The molecule has 30 heavy (non-hydrogen) atoms. The van der Waals surface area contributed by atoms with Crippen molar-refractivity contribution in [3.8, 4) is 0 Å². The number of carbonyl (C=O) groups excluding carboxylic acids is 2. The van der Waals surface area contributed by atoms with E-state index in [4.69, 9.17) is 4.74 Å². The average molecular weight is 410 g/mol. The van der Waals surface area contributed by atoms with Gasteiger partial charge in [0.15, 0.2) is 0 Å². The third-order valence-electron chi connectivity index (χ3n) is 6.56. The number of hydrogen-bond donors (Lipinski definition) is 0. The van der Waals surface area contributed by atoms with Crippen LogP contribution < -0.4 is 4.90 Å². The lowest BCUT2D eigenvalue weighted by molar-refractivity contribution is -0.137. The molecular weight excluding hydrogens is 374 g/mol. The summed E-state index contributed by atoms with van der Waals surface area (Å²) in [6.45, 7) is 13.9. The van der Waals surface area contributed by atoms with Gasteiger partial charge in [0, 0.05) is 24.4 Å². The van der Waals surface area contributed by atoms with Crippen molar-refractivity contribution in [2.45, 2.75) is 78.1 Å². The molecule has 0 saturated carbocycles. The molecule has 2 aliphatic rings. The average Bonchev–Trinajstić information content (AvgIpc) is 2.68. The zero-order chi connectivity index (χ0) is 22.1. The quantitative estimate of drug-likeness (QED) is 0.381. The van der Waals surface area contributed by atoms with Crippen LogP contribution in [-0.2, 0) is 31.6 Å². The number of esters is 1. The van der Waals surface area contributed by atoms with Crippen molar-refractivity contribution in [3.05, 3.63) is 52.6 Å². The first-order valence-corrected chi connectivity index (χ1v) is 11.1. The lowest BCUT2D eigenvalue weighted by Gasteiger charge is -2.43. The molecular formula is C26H35NO3. The summed E-state index contributed by atoms with van der Waals surface area (Å²) in [5.41, 5.74) is 6.11.